The number of likely N-dealkylation sites (tertiary alicyclic amines) is 1. The molecule has 1 aromatic rings. The lowest BCUT2D eigenvalue weighted by Crippen LogP contribution is -2.55. The van der Waals surface area contributed by atoms with Gasteiger partial charge in [-0.15, -0.1) is 0 Å². The van der Waals surface area contributed by atoms with Crippen molar-refractivity contribution in [2.45, 2.75) is 51.1 Å². The van der Waals surface area contributed by atoms with E-state index in [1.54, 1.807) is 25.1 Å². The molecule has 2 heterocycles. The van der Waals surface area contributed by atoms with Crippen molar-refractivity contribution in [1.29, 1.82) is 0 Å². The molecular formula is C22H32FN3O3. The van der Waals surface area contributed by atoms with Gasteiger partial charge >= 0.3 is 0 Å². The number of amides is 2. The molecule has 1 atom stereocenters. The fourth-order valence-electron chi connectivity index (χ4n) is 4.39. The summed E-state index contributed by atoms with van der Waals surface area (Å²) in [6.45, 7) is 5.95. The van der Waals surface area contributed by atoms with Crippen LogP contribution in [0, 0.1) is 5.82 Å². The van der Waals surface area contributed by atoms with Crippen molar-refractivity contribution in [2.75, 3.05) is 39.4 Å². The quantitative estimate of drug-likeness (QED) is 0.754. The molecule has 2 amide bonds. The predicted molar refractivity (Wildman–Crippen MR) is 109 cm³/mol. The Morgan fingerprint density at radius 2 is 1.97 bits per heavy atom. The van der Waals surface area contributed by atoms with Gasteiger partial charge in [0.1, 0.15) is 5.82 Å². The minimum atomic E-state index is -0.349. The number of hydrogen-bond acceptors (Lipinski definition) is 4. The second-order valence-corrected chi connectivity index (χ2v) is 7.96. The van der Waals surface area contributed by atoms with Crippen LogP contribution in [0.2, 0.25) is 0 Å². The van der Waals surface area contributed by atoms with Gasteiger partial charge in [-0.3, -0.25) is 14.5 Å². The van der Waals surface area contributed by atoms with Crippen LogP contribution in [0.5, 0.6) is 0 Å². The van der Waals surface area contributed by atoms with Crippen molar-refractivity contribution in [3.05, 3.63) is 35.6 Å². The molecule has 3 rings (SSSR count). The van der Waals surface area contributed by atoms with Crippen molar-refractivity contribution in [2.24, 2.45) is 0 Å². The van der Waals surface area contributed by atoms with Gasteiger partial charge in [0.15, 0.2) is 0 Å². The second kappa shape index (κ2) is 10.7. The number of nitrogens with one attached hydrogen (secondary N) is 1. The Balaban J connectivity index is 1.56. The van der Waals surface area contributed by atoms with Crippen LogP contribution in [0.15, 0.2) is 24.3 Å². The Morgan fingerprint density at radius 3 is 2.69 bits per heavy atom. The SMILES string of the molecule is CC(=O)N1CCCC(N(CCNC(=O)Cc2ccccc2F)C2CCOCC2)C1. The number of rotatable bonds is 7. The number of piperidine rings is 1. The number of benzene rings is 1. The molecule has 160 valence electrons. The number of halogens is 1. The molecule has 2 fully saturated rings. The summed E-state index contributed by atoms with van der Waals surface area (Å²) in [6.07, 6.45) is 4.05. The van der Waals surface area contributed by atoms with Crippen molar-refractivity contribution < 1.29 is 18.7 Å². The number of carbonyl (C=O) groups excluding carboxylic acids is 2. The Kier molecular flexibility index (Phi) is 8.00. The third kappa shape index (κ3) is 6.24. The molecule has 1 aromatic carbocycles. The Morgan fingerprint density at radius 1 is 1.21 bits per heavy atom. The van der Waals surface area contributed by atoms with Crippen LogP contribution >= 0.6 is 0 Å². The van der Waals surface area contributed by atoms with E-state index < -0.39 is 0 Å². The van der Waals surface area contributed by atoms with Crippen LogP contribution in [0.1, 0.15) is 38.2 Å². The highest BCUT2D eigenvalue weighted by atomic mass is 19.1. The molecule has 7 heteroatoms. The van der Waals surface area contributed by atoms with E-state index in [-0.39, 0.29) is 24.1 Å². The molecule has 0 saturated carbocycles. The maximum absolute atomic E-state index is 13.8. The maximum Gasteiger partial charge on any atom is 0.224 e. The van der Waals surface area contributed by atoms with Gasteiger partial charge in [-0.25, -0.2) is 4.39 Å². The Hall–Kier alpha value is -1.99. The number of hydrogen-bond donors (Lipinski definition) is 1. The monoisotopic (exact) mass is 405 g/mol. The molecule has 2 saturated heterocycles. The van der Waals surface area contributed by atoms with E-state index in [4.69, 9.17) is 4.74 Å². The fourth-order valence-corrected chi connectivity index (χ4v) is 4.39. The van der Waals surface area contributed by atoms with Crippen LogP contribution in [0.3, 0.4) is 0 Å². The molecule has 2 aliphatic rings. The standard InChI is InChI=1S/C22H32FN3O3/c1-17(27)25-11-4-6-20(16-25)26(19-8-13-29-14-9-19)12-10-24-22(28)15-18-5-2-3-7-21(18)23/h2-3,5,7,19-20H,4,6,8-16H2,1H3,(H,24,28). The van der Waals surface area contributed by atoms with E-state index in [1.807, 2.05) is 4.90 Å². The van der Waals surface area contributed by atoms with Crippen molar-refractivity contribution in [1.82, 2.24) is 15.1 Å². The lowest BCUT2D eigenvalue weighted by molar-refractivity contribution is -0.131. The van der Waals surface area contributed by atoms with Gasteiger partial charge in [0.25, 0.3) is 0 Å². The topological polar surface area (TPSA) is 61.9 Å². The van der Waals surface area contributed by atoms with Crippen LogP contribution < -0.4 is 5.32 Å². The third-order valence-electron chi connectivity index (χ3n) is 5.97. The average molecular weight is 406 g/mol. The minimum absolute atomic E-state index is 0.0471. The summed E-state index contributed by atoms with van der Waals surface area (Å²) in [7, 11) is 0. The first kappa shape index (κ1) is 21.7. The van der Waals surface area contributed by atoms with Gasteiger partial charge in [0.2, 0.25) is 11.8 Å². The zero-order chi connectivity index (χ0) is 20.6. The maximum atomic E-state index is 13.8. The first-order valence-electron chi connectivity index (χ1n) is 10.6. The molecule has 0 radical (unpaired) electrons. The van der Waals surface area contributed by atoms with Crippen molar-refractivity contribution in [3.63, 3.8) is 0 Å². The summed E-state index contributed by atoms with van der Waals surface area (Å²) in [5.41, 5.74) is 0.413. The summed E-state index contributed by atoms with van der Waals surface area (Å²) in [4.78, 5) is 28.5. The highest BCUT2D eigenvalue weighted by Crippen LogP contribution is 2.23. The van der Waals surface area contributed by atoms with Gasteiger partial charge in [-0.1, -0.05) is 18.2 Å². The third-order valence-corrected chi connectivity index (χ3v) is 5.97. The van der Waals surface area contributed by atoms with Gasteiger partial charge in [-0.2, -0.15) is 0 Å². The normalized spacial score (nSPS) is 20.7. The number of nitrogens with zero attached hydrogens (tertiary/aromatic N) is 2. The summed E-state index contributed by atoms with van der Waals surface area (Å²) in [6, 6.07) is 7.09. The zero-order valence-corrected chi connectivity index (χ0v) is 17.2. The first-order chi connectivity index (χ1) is 14.0. The molecule has 0 spiro atoms. The van der Waals surface area contributed by atoms with Crippen LogP contribution in [-0.4, -0.2) is 73.1 Å². The second-order valence-electron chi connectivity index (χ2n) is 7.96. The molecule has 0 aliphatic carbocycles. The van der Waals surface area contributed by atoms with Gasteiger partial charge in [0.05, 0.1) is 6.42 Å². The van der Waals surface area contributed by atoms with Crippen molar-refractivity contribution >= 4 is 11.8 Å². The molecule has 0 bridgehead atoms. The minimum Gasteiger partial charge on any atom is -0.381 e. The van der Waals surface area contributed by atoms with E-state index in [0.29, 0.717) is 24.2 Å². The highest BCUT2D eigenvalue weighted by Gasteiger charge is 2.31. The van der Waals surface area contributed by atoms with E-state index in [9.17, 15) is 14.0 Å². The van der Waals surface area contributed by atoms with Crippen molar-refractivity contribution in [3.8, 4) is 0 Å². The van der Waals surface area contributed by atoms with Crippen LogP contribution in [0.25, 0.3) is 0 Å². The average Bonchev–Trinajstić information content (AvgIpc) is 2.73. The van der Waals surface area contributed by atoms with Gasteiger partial charge in [-0.05, 0) is 37.3 Å². The number of ether oxygens (including phenoxy) is 1. The summed E-state index contributed by atoms with van der Waals surface area (Å²) >= 11 is 0. The largest absolute Gasteiger partial charge is 0.381 e. The zero-order valence-electron chi connectivity index (χ0n) is 17.2. The molecule has 29 heavy (non-hydrogen) atoms. The van der Waals surface area contributed by atoms with E-state index >= 15 is 0 Å². The van der Waals surface area contributed by atoms with E-state index in [0.717, 1.165) is 58.5 Å². The fraction of sp³-hybridized carbons (Fsp3) is 0.636. The van der Waals surface area contributed by atoms with E-state index in [2.05, 4.69) is 10.2 Å². The van der Waals surface area contributed by atoms with E-state index in [1.165, 1.54) is 6.07 Å². The molecule has 0 aromatic heterocycles. The highest BCUT2D eigenvalue weighted by molar-refractivity contribution is 5.78. The number of carbonyl (C=O) groups is 2. The predicted octanol–water partition coefficient (Wildman–Crippen LogP) is 1.98. The lowest BCUT2D eigenvalue weighted by Gasteiger charge is -2.44. The lowest BCUT2D eigenvalue weighted by atomic mass is 9.98. The summed E-state index contributed by atoms with van der Waals surface area (Å²) in [5.74, 6) is -0.395. The molecule has 6 nitrogen and oxygen atoms in total. The smallest absolute Gasteiger partial charge is 0.224 e. The summed E-state index contributed by atoms with van der Waals surface area (Å²) < 4.78 is 19.3. The van der Waals surface area contributed by atoms with Crippen LogP contribution in [0.4, 0.5) is 4.39 Å². The molecular weight excluding hydrogens is 373 g/mol. The van der Waals surface area contributed by atoms with Crippen LogP contribution in [-0.2, 0) is 20.7 Å². The Labute approximate surface area is 172 Å². The molecule has 2 aliphatic heterocycles. The van der Waals surface area contributed by atoms with Gasteiger partial charge < -0.3 is 15.0 Å². The molecule has 1 unspecified atom stereocenters. The Bertz CT molecular complexity index is 694. The summed E-state index contributed by atoms with van der Waals surface area (Å²) in [5, 5.41) is 2.94. The van der Waals surface area contributed by atoms with Gasteiger partial charge in [0, 0.05) is 58.4 Å². The molecule has 1 N–H and O–H groups in total. The first-order valence-corrected chi connectivity index (χ1v) is 10.6.